The number of aliphatic hydroxyl groups excluding tert-OH is 1. The predicted octanol–water partition coefficient (Wildman–Crippen LogP) is 4.80. The molecule has 1 saturated heterocycles. The van der Waals surface area contributed by atoms with Gasteiger partial charge in [0.25, 0.3) is 0 Å². The molecule has 2 aromatic carbocycles. The summed E-state index contributed by atoms with van der Waals surface area (Å²) >= 11 is 0. The van der Waals surface area contributed by atoms with Gasteiger partial charge in [-0.25, -0.2) is 14.4 Å². The van der Waals surface area contributed by atoms with E-state index in [9.17, 15) is 9.50 Å². The number of hydrazine groups is 1. The number of fused-ring (bicyclic) bond motifs is 1. The summed E-state index contributed by atoms with van der Waals surface area (Å²) in [5.41, 5.74) is 4.88. The summed E-state index contributed by atoms with van der Waals surface area (Å²) in [5.74, 6) is 1.32. The molecule has 3 aromatic rings. The van der Waals surface area contributed by atoms with E-state index in [0.717, 1.165) is 52.6 Å². The van der Waals surface area contributed by atoms with Gasteiger partial charge in [0.05, 0.1) is 37.5 Å². The van der Waals surface area contributed by atoms with E-state index >= 15 is 0 Å². The normalized spacial score (nSPS) is 20.6. The van der Waals surface area contributed by atoms with E-state index in [-0.39, 0.29) is 24.5 Å². The highest BCUT2D eigenvalue weighted by molar-refractivity contribution is 6.04. The van der Waals surface area contributed by atoms with Crippen LogP contribution in [-0.2, 0) is 0 Å². The largest absolute Gasteiger partial charge is 0.495 e. The predicted molar refractivity (Wildman–Crippen MR) is 141 cm³/mol. The Morgan fingerprint density at radius 2 is 1.92 bits per heavy atom. The molecule has 2 aliphatic rings. The quantitative estimate of drug-likeness (QED) is 0.555. The van der Waals surface area contributed by atoms with Crippen molar-refractivity contribution in [1.29, 1.82) is 0 Å². The van der Waals surface area contributed by atoms with E-state index in [1.807, 2.05) is 50.7 Å². The third-order valence-electron chi connectivity index (χ3n) is 6.43. The third-order valence-corrected chi connectivity index (χ3v) is 6.43. The highest BCUT2D eigenvalue weighted by atomic mass is 19.1. The molecular weight excluding hydrogens is 457 g/mol. The monoisotopic (exact) mass is 491 g/mol. The molecule has 7 nitrogen and oxygen atoms in total. The summed E-state index contributed by atoms with van der Waals surface area (Å²) in [7, 11) is 3.69. The molecule has 2 aliphatic heterocycles. The van der Waals surface area contributed by atoms with Gasteiger partial charge in [0.15, 0.2) is 0 Å². The van der Waals surface area contributed by atoms with Crippen LogP contribution in [0.25, 0.3) is 11.8 Å². The number of halogens is 1. The van der Waals surface area contributed by atoms with Crippen LogP contribution in [0.5, 0.6) is 5.75 Å². The van der Waals surface area contributed by atoms with Crippen molar-refractivity contribution < 1.29 is 14.2 Å². The number of benzene rings is 2. The van der Waals surface area contributed by atoms with Crippen molar-refractivity contribution >= 4 is 11.9 Å². The highest BCUT2D eigenvalue weighted by Gasteiger charge is 2.42. The smallest absolute Gasteiger partial charge is 0.143 e. The Bertz CT molecular complexity index is 1250. The fourth-order valence-corrected chi connectivity index (χ4v) is 4.74. The second-order valence-electron chi connectivity index (χ2n) is 8.70. The number of nitrogens with zero attached hydrogens (tertiary/aromatic N) is 5. The summed E-state index contributed by atoms with van der Waals surface area (Å²) in [4.78, 5) is 9.20. The molecule has 1 N–H and O–H groups in total. The van der Waals surface area contributed by atoms with Crippen LogP contribution in [0.3, 0.4) is 0 Å². The number of rotatable bonds is 5. The van der Waals surface area contributed by atoms with E-state index in [0.29, 0.717) is 0 Å². The van der Waals surface area contributed by atoms with Gasteiger partial charge in [0.2, 0.25) is 0 Å². The van der Waals surface area contributed by atoms with Crippen molar-refractivity contribution in [2.45, 2.75) is 39.3 Å². The van der Waals surface area contributed by atoms with Crippen molar-refractivity contribution in [1.82, 2.24) is 19.6 Å². The second kappa shape index (κ2) is 11.1. The topological polar surface area (TPSA) is 66.1 Å². The number of ether oxygens (including phenoxy) is 1. The van der Waals surface area contributed by atoms with Crippen LogP contribution in [0.1, 0.15) is 43.1 Å². The van der Waals surface area contributed by atoms with Crippen LogP contribution < -0.4 is 4.74 Å². The van der Waals surface area contributed by atoms with Crippen LogP contribution >= 0.6 is 0 Å². The van der Waals surface area contributed by atoms with Crippen LogP contribution in [0.4, 0.5) is 4.39 Å². The van der Waals surface area contributed by atoms with Gasteiger partial charge >= 0.3 is 0 Å². The minimum atomic E-state index is -0.328. The van der Waals surface area contributed by atoms with E-state index in [1.54, 1.807) is 25.6 Å². The van der Waals surface area contributed by atoms with Crippen molar-refractivity contribution in [3.05, 3.63) is 83.2 Å². The zero-order valence-corrected chi connectivity index (χ0v) is 21.5. The molecule has 190 valence electrons. The average molecular weight is 492 g/mol. The van der Waals surface area contributed by atoms with Gasteiger partial charge in [-0.2, -0.15) is 0 Å². The van der Waals surface area contributed by atoms with E-state index in [2.05, 4.69) is 27.1 Å². The second-order valence-corrected chi connectivity index (χ2v) is 8.70. The Morgan fingerprint density at radius 1 is 1.17 bits per heavy atom. The number of aliphatic hydroxyl groups is 1. The number of hydrogen-bond acceptors (Lipinski definition) is 6. The lowest BCUT2D eigenvalue weighted by atomic mass is 9.99. The molecule has 0 saturated carbocycles. The van der Waals surface area contributed by atoms with Crippen LogP contribution in [0, 0.1) is 12.7 Å². The zero-order valence-electron chi connectivity index (χ0n) is 21.5. The van der Waals surface area contributed by atoms with Crippen LogP contribution in [0.2, 0.25) is 0 Å². The molecule has 1 aromatic heterocycles. The molecule has 0 aliphatic carbocycles. The maximum atomic E-state index is 13.5. The van der Waals surface area contributed by atoms with E-state index in [4.69, 9.17) is 9.73 Å². The van der Waals surface area contributed by atoms with Gasteiger partial charge in [0.1, 0.15) is 23.4 Å². The van der Waals surface area contributed by atoms with Crippen molar-refractivity contribution in [2.24, 2.45) is 4.99 Å². The maximum Gasteiger partial charge on any atom is 0.143 e. The standard InChI is InChI=1S/C26H28FN5O2.C2H6/c1-17-14-31(16-28-17)23-9-4-18(13-24(23)34-3)12-20-10-11-30(2)32-25(22(15-33)29-26(20)32)19-5-7-21(27)8-6-19;1-2/h4-9,12-14,16,22,25,33H,10-11,15H2,1-3H3;1-2H3/b20-12+;. The fourth-order valence-electron chi connectivity index (χ4n) is 4.74. The Kier molecular flexibility index (Phi) is 7.86. The lowest BCUT2D eigenvalue weighted by Gasteiger charge is -2.41. The molecule has 8 heteroatoms. The lowest BCUT2D eigenvalue weighted by Crippen LogP contribution is -2.49. The Balaban J connectivity index is 0.00000148. The highest BCUT2D eigenvalue weighted by Crippen LogP contribution is 2.38. The summed E-state index contributed by atoms with van der Waals surface area (Å²) in [5, 5.41) is 14.4. The first-order chi connectivity index (χ1) is 17.5. The minimum absolute atomic E-state index is 0.0873. The van der Waals surface area contributed by atoms with Gasteiger partial charge < -0.3 is 14.4 Å². The maximum absolute atomic E-state index is 13.5. The number of imidazole rings is 1. The first kappa shape index (κ1) is 25.6. The van der Waals surface area contributed by atoms with Gasteiger partial charge in [-0.1, -0.05) is 32.0 Å². The molecule has 0 radical (unpaired) electrons. The van der Waals surface area contributed by atoms with Gasteiger partial charge in [0, 0.05) is 19.8 Å². The van der Waals surface area contributed by atoms with E-state index < -0.39 is 0 Å². The lowest BCUT2D eigenvalue weighted by molar-refractivity contribution is 0.0240. The van der Waals surface area contributed by atoms with Gasteiger partial charge in [-0.3, -0.25) is 10.0 Å². The summed E-state index contributed by atoms with van der Waals surface area (Å²) in [6, 6.07) is 12.0. The van der Waals surface area contributed by atoms with Crippen molar-refractivity contribution in [3.8, 4) is 11.4 Å². The van der Waals surface area contributed by atoms with Crippen LogP contribution in [-0.4, -0.2) is 63.9 Å². The number of aryl methyl sites for hydroxylation is 1. The summed E-state index contributed by atoms with van der Waals surface area (Å²) < 4.78 is 21.2. The summed E-state index contributed by atoms with van der Waals surface area (Å²) in [6.45, 7) is 6.68. The number of hydrogen-bond donors (Lipinski definition) is 1. The molecule has 2 unspecified atom stereocenters. The minimum Gasteiger partial charge on any atom is -0.495 e. The molecule has 5 rings (SSSR count). The van der Waals surface area contributed by atoms with Gasteiger partial charge in [-0.05, 0) is 60.4 Å². The number of aliphatic imine (C=N–C) groups is 1. The van der Waals surface area contributed by atoms with E-state index in [1.165, 1.54) is 12.1 Å². The Labute approximate surface area is 212 Å². The molecule has 2 atom stereocenters. The number of amidine groups is 1. The molecular formula is C28H34FN5O2. The summed E-state index contributed by atoms with van der Waals surface area (Å²) in [6.07, 6.45) is 6.69. The van der Waals surface area contributed by atoms with Gasteiger partial charge in [-0.15, -0.1) is 0 Å². The number of aromatic nitrogens is 2. The molecule has 3 heterocycles. The first-order valence-electron chi connectivity index (χ1n) is 12.3. The third kappa shape index (κ3) is 4.92. The first-order valence-corrected chi connectivity index (χ1v) is 12.3. The zero-order chi connectivity index (χ0) is 25.8. The molecule has 0 spiro atoms. The SMILES string of the molecule is CC.COc1cc(/C=C2\CCN(C)N3C2=NC(CO)C3c2ccc(F)cc2)ccc1-n1cnc(C)c1. The fraction of sp³-hybridized carbons (Fsp3) is 0.357. The Morgan fingerprint density at radius 3 is 2.56 bits per heavy atom. The average Bonchev–Trinajstić information content (AvgIpc) is 3.51. The molecule has 0 bridgehead atoms. The molecule has 0 amide bonds. The molecule has 36 heavy (non-hydrogen) atoms. The van der Waals surface area contributed by atoms with Crippen molar-refractivity contribution in [2.75, 3.05) is 27.3 Å². The number of methoxy groups -OCH3 is 1. The molecule has 1 fully saturated rings. The Hall–Kier alpha value is -3.49. The van der Waals surface area contributed by atoms with Crippen molar-refractivity contribution in [3.63, 3.8) is 0 Å². The van der Waals surface area contributed by atoms with Crippen LogP contribution in [0.15, 0.2) is 65.6 Å².